The second-order valence-corrected chi connectivity index (χ2v) is 5.71. The Morgan fingerprint density at radius 3 is 2.33 bits per heavy atom. The zero-order valence-corrected chi connectivity index (χ0v) is 10.5. The third-order valence-electron chi connectivity index (χ3n) is 2.20. The largest absolute Gasteiger partial charge is 0.366 e. The molecule has 9 heteroatoms. The van der Waals surface area contributed by atoms with E-state index in [2.05, 4.69) is 0 Å². The number of nitrogens with zero attached hydrogens (tertiary/aromatic N) is 2. The highest BCUT2D eigenvalue weighted by Crippen LogP contribution is 2.26. The predicted octanol–water partition coefficient (Wildman–Crippen LogP) is -0.0560. The Balaban J connectivity index is 3.57. The minimum atomic E-state index is -3.96. The summed E-state index contributed by atoms with van der Waals surface area (Å²) in [6, 6.07) is 2.97. The van der Waals surface area contributed by atoms with Gasteiger partial charge >= 0.3 is 0 Å². The van der Waals surface area contributed by atoms with Gasteiger partial charge in [0.15, 0.2) is 4.90 Å². The molecule has 0 atom stereocenters. The molecular formula is C9H11N3O5S. The summed E-state index contributed by atoms with van der Waals surface area (Å²) in [5.41, 5.74) is 4.17. The molecule has 0 saturated carbocycles. The Morgan fingerprint density at radius 2 is 1.94 bits per heavy atom. The van der Waals surface area contributed by atoms with Crippen LogP contribution < -0.4 is 5.73 Å². The van der Waals surface area contributed by atoms with Gasteiger partial charge in [-0.3, -0.25) is 14.9 Å². The number of nitrogens with two attached hydrogens (primary N) is 1. The van der Waals surface area contributed by atoms with Crippen molar-refractivity contribution in [1.29, 1.82) is 0 Å². The first-order chi connectivity index (χ1) is 8.17. The van der Waals surface area contributed by atoms with Crippen molar-refractivity contribution in [3.63, 3.8) is 0 Å². The van der Waals surface area contributed by atoms with E-state index >= 15 is 0 Å². The van der Waals surface area contributed by atoms with E-state index in [1.54, 1.807) is 0 Å². The fourth-order valence-electron chi connectivity index (χ4n) is 1.23. The van der Waals surface area contributed by atoms with Crippen LogP contribution in [0.4, 0.5) is 5.69 Å². The Labute approximate surface area is 103 Å². The van der Waals surface area contributed by atoms with E-state index in [4.69, 9.17) is 5.73 Å². The molecule has 8 nitrogen and oxygen atoms in total. The van der Waals surface area contributed by atoms with Crippen molar-refractivity contribution in [3.8, 4) is 0 Å². The zero-order valence-electron chi connectivity index (χ0n) is 9.65. The fourth-order valence-corrected chi connectivity index (χ4v) is 2.26. The molecule has 0 heterocycles. The van der Waals surface area contributed by atoms with Crippen LogP contribution in [0.25, 0.3) is 0 Å². The van der Waals surface area contributed by atoms with E-state index in [1.165, 1.54) is 14.1 Å². The smallest absolute Gasteiger partial charge is 0.290 e. The molecular weight excluding hydrogens is 262 g/mol. The lowest BCUT2D eigenvalue weighted by atomic mass is 10.2. The van der Waals surface area contributed by atoms with Gasteiger partial charge in [-0.1, -0.05) is 0 Å². The van der Waals surface area contributed by atoms with Crippen LogP contribution in [0, 0.1) is 10.1 Å². The summed E-state index contributed by atoms with van der Waals surface area (Å²) in [5.74, 6) is -0.869. The zero-order chi connectivity index (χ0) is 14.1. The van der Waals surface area contributed by atoms with Gasteiger partial charge < -0.3 is 5.73 Å². The van der Waals surface area contributed by atoms with Crippen LogP contribution in [-0.4, -0.2) is 37.6 Å². The number of hydrogen-bond donors (Lipinski definition) is 1. The molecule has 98 valence electrons. The summed E-state index contributed by atoms with van der Waals surface area (Å²) in [5, 5.41) is 10.8. The van der Waals surface area contributed by atoms with Gasteiger partial charge in [-0.05, 0) is 12.1 Å². The maximum Gasteiger partial charge on any atom is 0.290 e. The van der Waals surface area contributed by atoms with Gasteiger partial charge in [0.2, 0.25) is 15.9 Å². The topological polar surface area (TPSA) is 124 Å². The molecule has 18 heavy (non-hydrogen) atoms. The Hall–Kier alpha value is -2.00. The second kappa shape index (κ2) is 4.70. The molecule has 0 aromatic heterocycles. The molecule has 0 radical (unpaired) electrons. The van der Waals surface area contributed by atoms with E-state index in [9.17, 15) is 23.3 Å². The number of sulfonamides is 1. The van der Waals surface area contributed by atoms with Gasteiger partial charge in [0, 0.05) is 25.7 Å². The highest BCUT2D eigenvalue weighted by molar-refractivity contribution is 7.89. The number of amides is 1. The first-order valence-corrected chi connectivity index (χ1v) is 6.12. The predicted molar refractivity (Wildman–Crippen MR) is 62.5 cm³/mol. The summed E-state index contributed by atoms with van der Waals surface area (Å²) in [4.78, 5) is 20.4. The second-order valence-electron chi connectivity index (χ2n) is 3.59. The number of benzene rings is 1. The van der Waals surface area contributed by atoms with Crippen LogP contribution in [0.2, 0.25) is 0 Å². The monoisotopic (exact) mass is 273 g/mol. The lowest BCUT2D eigenvalue weighted by molar-refractivity contribution is -0.387. The van der Waals surface area contributed by atoms with E-state index < -0.39 is 31.4 Å². The number of hydrogen-bond acceptors (Lipinski definition) is 5. The minimum Gasteiger partial charge on any atom is -0.366 e. The highest BCUT2D eigenvalue weighted by Gasteiger charge is 2.28. The fraction of sp³-hybridized carbons (Fsp3) is 0.222. The van der Waals surface area contributed by atoms with E-state index in [0.717, 1.165) is 22.5 Å². The molecule has 0 aliphatic carbocycles. The van der Waals surface area contributed by atoms with Crippen LogP contribution in [0.1, 0.15) is 10.4 Å². The summed E-state index contributed by atoms with van der Waals surface area (Å²) in [7, 11) is -1.45. The van der Waals surface area contributed by atoms with Crippen LogP contribution >= 0.6 is 0 Å². The van der Waals surface area contributed by atoms with Gasteiger partial charge in [0.1, 0.15) is 0 Å². The average molecular weight is 273 g/mol. The Morgan fingerprint density at radius 1 is 1.39 bits per heavy atom. The normalized spacial score (nSPS) is 11.5. The lowest BCUT2D eigenvalue weighted by Crippen LogP contribution is -2.23. The Kier molecular flexibility index (Phi) is 3.67. The standard InChI is InChI=1S/C9H11N3O5S/c1-11(2)18(16,17)8-4-3-6(9(10)13)5-7(8)12(14)15/h3-5H,1-2H3,(H2,10,13). The minimum absolute atomic E-state index is 0.126. The van der Waals surface area contributed by atoms with Crippen LogP contribution in [0.3, 0.4) is 0 Å². The number of carbonyl (C=O) groups excluding carboxylic acids is 1. The SMILES string of the molecule is CN(C)S(=O)(=O)c1ccc(C(N)=O)cc1[N+](=O)[O-]. The molecule has 0 aliphatic heterocycles. The van der Waals surface area contributed by atoms with Crippen molar-refractivity contribution in [1.82, 2.24) is 4.31 Å². The van der Waals surface area contributed by atoms with Crippen molar-refractivity contribution in [2.45, 2.75) is 4.90 Å². The van der Waals surface area contributed by atoms with Crippen molar-refractivity contribution in [2.75, 3.05) is 14.1 Å². The molecule has 0 bridgehead atoms. The summed E-state index contributed by atoms with van der Waals surface area (Å²) >= 11 is 0. The maximum atomic E-state index is 11.8. The van der Waals surface area contributed by atoms with Gasteiger partial charge in [-0.2, -0.15) is 0 Å². The molecule has 1 aromatic carbocycles. The van der Waals surface area contributed by atoms with Crippen molar-refractivity contribution < 1.29 is 18.1 Å². The summed E-state index contributed by atoms with van der Waals surface area (Å²) < 4.78 is 24.5. The number of rotatable bonds is 4. The quantitative estimate of drug-likeness (QED) is 0.608. The third-order valence-corrected chi connectivity index (χ3v) is 4.06. The first-order valence-electron chi connectivity index (χ1n) is 4.68. The van der Waals surface area contributed by atoms with E-state index in [-0.39, 0.29) is 5.56 Å². The van der Waals surface area contributed by atoms with E-state index in [1.807, 2.05) is 0 Å². The van der Waals surface area contributed by atoms with Crippen molar-refractivity contribution in [3.05, 3.63) is 33.9 Å². The molecule has 0 saturated heterocycles. The van der Waals surface area contributed by atoms with Gasteiger partial charge in [-0.25, -0.2) is 12.7 Å². The molecule has 1 rings (SSSR count). The van der Waals surface area contributed by atoms with Crippen molar-refractivity contribution in [2.24, 2.45) is 5.73 Å². The van der Waals surface area contributed by atoms with Gasteiger partial charge in [-0.15, -0.1) is 0 Å². The van der Waals surface area contributed by atoms with Crippen LogP contribution in [0.15, 0.2) is 23.1 Å². The lowest BCUT2D eigenvalue weighted by Gasteiger charge is -2.11. The first kappa shape index (κ1) is 14.1. The molecule has 0 fully saturated rings. The maximum absolute atomic E-state index is 11.8. The average Bonchev–Trinajstić information content (AvgIpc) is 2.27. The Bertz CT molecular complexity index is 609. The summed E-state index contributed by atoms with van der Waals surface area (Å²) in [6.07, 6.45) is 0. The molecule has 1 amide bonds. The molecule has 2 N–H and O–H groups in total. The number of carbonyl (C=O) groups is 1. The molecule has 0 aliphatic rings. The number of nitro groups is 1. The molecule has 0 spiro atoms. The number of primary amides is 1. The molecule has 1 aromatic rings. The third kappa shape index (κ3) is 2.46. The number of nitro benzene ring substituents is 1. The summed E-state index contributed by atoms with van der Waals surface area (Å²) in [6.45, 7) is 0. The van der Waals surface area contributed by atoms with E-state index in [0.29, 0.717) is 0 Å². The van der Waals surface area contributed by atoms with Crippen LogP contribution in [0.5, 0.6) is 0 Å². The van der Waals surface area contributed by atoms with Crippen molar-refractivity contribution >= 4 is 21.6 Å². The van der Waals surface area contributed by atoms with Gasteiger partial charge in [0.25, 0.3) is 5.69 Å². The molecule has 0 unspecified atom stereocenters. The van der Waals surface area contributed by atoms with Crippen LogP contribution in [-0.2, 0) is 10.0 Å². The van der Waals surface area contributed by atoms with Gasteiger partial charge in [0.05, 0.1) is 4.92 Å². The highest BCUT2D eigenvalue weighted by atomic mass is 32.2.